The zero-order valence-electron chi connectivity index (χ0n) is 16.9. The Balaban J connectivity index is 1.48. The Kier molecular flexibility index (Phi) is 5.80. The van der Waals surface area contributed by atoms with Crippen molar-refractivity contribution in [3.8, 4) is 0 Å². The number of likely N-dealkylation sites (tertiary alicyclic amines) is 2. The smallest absolute Gasteiger partial charge is 0.410 e. The van der Waals surface area contributed by atoms with Crippen LogP contribution in [-0.4, -0.2) is 93.1 Å². The van der Waals surface area contributed by atoms with E-state index in [1.54, 1.807) is 15.9 Å². The molecule has 31 heavy (non-hydrogen) atoms. The van der Waals surface area contributed by atoms with Gasteiger partial charge in [-0.3, -0.25) is 14.5 Å². The highest BCUT2D eigenvalue weighted by molar-refractivity contribution is 8.00. The number of rotatable bonds is 5. The SMILES string of the molecule is C=CCOC(=O)N1CC[C@@H](N2CC/C(=C\C3=C(C(=O)O)N4C(=O)[C@@H](N)C4SC3)C2=O)C1. The van der Waals surface area contributed by atoms with Crippen LogP contribution in [-0.2, 0) is 19.1 Å². The normalized spacial score (nSPS) is 29.4. The molecule has 0 radical (unpaired) electrons. The molecule has 0 spiro atoms. The lowest BCUT2D eigenvalue weighted by molar-refractivity contribution is -0.147. The van der Waals surface area contributed by atoms with Gasteiger partial charge in [0.25, 0.3) is 0 Å². The highest BCUT2D eigenvalue weighted by atomic mass is 32.2. The number of ether oxygens (including phenoxy) is 1. The summed E-state index contributed by atoms with van der Waals surface area (Å²) in [4.78, 5) is 53.5. The number of carbonyl (C=O) groups excluding carboxylic acids is 3. The van der Waals surface area contributed by atoms with E-state index in [-0.39, 0.29) is 29.6 Å². The van der Waals surface area contributed by atoms with Crippen molar-refractivity contribution in [2.75, 3.05) is 32.0 Å². The third-order valence-electron chi connectivity index (χ3n) is 5.93. The van der Waals surface area contributed by atoms with Crippen LogP contribution in [0.5, 0.6) is 0 Å². The molecule has 0 aromatic carbocycles. The Morgan fingerprint density at radius 3 is 2.81 bits per heavy atom. The molecule has 0 saturated carbocycles. The van der Waals surface area contributed by atoms with Crippen LogP contribution in [0, 0.1) is 0 Å². The molecule has 0 aromatic heterocycles. The molecule has 3 fully saturated rings. The van der Waals surface area contributed by atoms with Crippen LogP contribution in [0.3, 0.4) is 0 Å². The van der Waals surface area contributed by atoms with Gasteiger partial charge in [0.1, 0.15) is 23.7 Å². The monoisotopic (exact) mass is 448 g/mol. The van der Waals surface area contributed by atoms with E-state index in [0.717, 1.165) is 0 Å². The van der Waals surface area contributed by atoms with Gasteiger partial charge in [0, 0.05) is 31.0 Å². The lowest BCUT2D eigenvalue weighted by atomic mass is 10.0. The largest absolute Gasteiger partial charge is 0.477 e. The summed E-state index contributed by atoms with van der Waals surface area (Å²) in [5.41, 5.74) is 6.64. The zero-order valence-corrected chi connectivity index (χ0v) is 17.7. The fourth-order valence-electron chi connectivity index (χ4n) is 4.36. The molecular weight excluding hydrogens is 424 g/mol. The first kappa shape index (κ1) is 21.4. The number of allylic oxidation sites excluding steroid dienone is 1. The lowest BCUT2D eigenvalue weighted by Crippen LogP contribution is -2.68. The van der Waals surface area contributed by atoms with Gasteiger partial charge in [-0.1, -0.05) is 12.7 Å². The molecule has 4 heterocycles. The molecule has 10 nitrogen and oxygen atoms in total. The van der Waals surface area contributed by atoms with Crippen LogP contribution in [0.1, 0.15) is 12.8 Å². The van der Waals surface area contributed by atoms with Crippen LogP contribution in [0.4, 0.5) is 4.79 Å². The van der Waals surface area contributed by atoms with Gasteiger partial charge in [0.05, 0.1) is 6.04 Å². The highest BCUT2D eigenvalue weighted by Gasteiger charge is 2.51. The van der Waals surface area contributed by atoms with Gasteiger partial charge in [-0.2, -0.15) is 0 Å². The van der Waals surface area contributed by atoms with Gasteiger partial charge < -0.3 is 25.4 Å². The summed E-state index contributed by atoms with van der Waals surface area (Å²) < 4.78 is 5.06. The average molecular weight is 449 g/mol. The first-order chi connectivity index (χ1) is 14.8. The number of amides is 3. The molecular formula is C20H24N4O6S. The molecule has 3 saturated heterocycles. The third kappa shape index (κ3) is 3.72. The number of nitrogens with two attached hydrogens (primary N) is 1. The highest BCUT2D eigenvalue weighted by Crippen LogP contribution is 2.40. The molecule has 0 aliphatic carbocycles. The van der Waals surface area contributed by atoms with Crippen molar-refractivity contribution in [3.63, 3.8) is 0 Å². The van der Waals surface area contributed by atoms with E-state index in [0.29, 0.717) is 49.4 Å². The van der Waals surface area contributed by atoms with E-state index in [4.69, 9.17) is 10.5 Å². The fourth-order valence-corrected chi connectivity index (χ4v) is 5.61. The maximum atomic E-state index is 13.0. The minimum absolute atomic E-state index is 0.0915. The first-order valence-electron chi connectivity index (χ1n) is 10.0. The predicted octanol–water partition coefficient (Wildman–Crippen LogP) is 0.123. The zero-order chi connectivity index (χ0) is 22.3. The maximum absolute atomic E-state index is 13.0. The number of carbonyl (C=O) groups is 4. The van der Waals surface area contributed by atoms with Crippen molar-refractivity contribution >= 4 is 35.6 Å². The number of carboxylic acids is 1. The van der Waals surface area contributed by atoms with Crippen molar-refractivity contribution in [1.29, 1.82) is 0 Å². The molecule has 0 aromatic rings. The van der Waals surface area contributed by atoms with Gasteiger partial charge in [-0.25, -0.2) is 9.59 Å². The van der Waals surface area contributed by atoms with Crippen molar-refractivity contribution in [3.05, 3.63) is 35.6 Å². The Morgan fingerprint density at radius 2 is 2.10 bits per heavy atom. The van der Waals surface area contributed by atoms with Crippen LogP contribution in [0.15, 0.2) is 35.6 Å². The van der Waals surface area contributed by atoms with Gasteiger partial charge in [0.2, 0.25) is 11.8 Å². The first-order valence-corrected chi connectivity index (χ1v) is 11.1. The third-order valence-corrected chi connectivity index (χ3v) is 7.26. The second-order valence-corrected chi connectivity index (χ2v) is 8.89. The summed E-state index contributed by atoms with van der Waals surface area (Å²) in [6.45, 7) is 5.06. The van der Waals surface area contributed by atoms with E-state index in [1.807, 2.05) is 0 Å². The number of hydrogen-bond donors (Lipinski definition) is 2. The summed E-state index contributed by atoms with van der Waals surface area (Å²) in [6.07, 6.45) is 3.82. The Hall–Kier alpha value is -2.79. The minimum Gasteiger partial charge on any atom is -0.477 e. The van der Waals surface area contributed by atoms with Crippen LogP contribution < -0.4 is 5.73 Å². The second-order valence-electron chi connectivity index (χ2n) is 7.79. The van der Waals surface area contributed by atoms with E-state index < -0.39 is 24.0 Å². The molecule has 4 rings (SSSR count). The number of carboxylic acid groups (broad SMARTS) is 1. The Morgan fingerprint density at radius 1 is 1.32 bits per heavy atom. The Bertz CT molecular complexity index is 915. The van der Waals surface area contributed by atoms with Crippen LogP contribution in [0.2, 0.25) is 0 Å². The maximum Gasteiger partial charge on any atom is 0.410 e. The number of nitrogens with zero attached hydrogens (tertiary/aromatic N) is 3. The standard InChI is InChI=1S/C20H24N4O6S/c1-2-7-30-20(29)22-5-4-13(9-22)23-6-3-11(16(23)25)8-12-10-31-18-14(21)17(26)24(18)15(12)19(27)28/h2,8,13-14,18H,1,3-7,9-10,21H2,(H,27,28)/b11-8+/t13-,14-,18?/m1/s1. The molecule has 3 N–H and O–H groups in total. The van der Waals surface area contributed by atoms with E-state index in [1.165, 1.54) is 22.7 Å². The average Bonchev–Trinajstić information content (AvgIpc) is 3.38. The van der Waals surface area contributed by atoms with E-state index in [9.17, 15) is 24.3 Å². The number of aliphatic carboxylic acids is 1. The molecule has 166 valence electrons. The number of fused-ring (bicyclic) bond motifs is 1. The number of β-lactam (4-membered cyclic amide) rings is 1. The molecule has 4 aliphatic heterocycles. The van der Waals surface area contributed by atoms with Gasteiger partial charge in [0.15, 0.2) is 0 Å². The van der Waals surface area contributed by atoms with Crippen molar-refractivity contribution in [1.82, 2.24) is 14.7 Å². The second kappa shape index (κ2) is 8.39. The van der Waals surface area contributed by atoms with Crippen molar-refractivity contribution in [2.24, 2.45) is 5.73 Å². The quantitative estimate of drug-likeness (QED) is 0.344. The molecule has 1 unspecified atom stereocenters. The fraction of sp³-hybridized carbons (Fsp3) is 0.500. The summed E-state index contributed by atoms with van der Waals surface area (Å²) in [6, 6.07) is -0.802. The summed E-state index contributed by atoms with van der Waals surface area (Å²) >= 11 is 1.40. The number of hydrogen-bond acceptors (Lipinski definition) is 7. The van der Waals surface area contributed by atoms with Gasteiger partial charge in [-0.15, -0.1) is 11.8 Å². The summed E-state index contributed by atoms with van der Waals surface area (Å²) in [5, 5.41) is 9.29. The molecule has 0 bridgehead atoms. The number of thioether (sulfide) groups is 1. The Labute approximate surface area is 183 Å². The van der Waals surface area contributed by atoms with Crippen molar-refractivity contribution < 1.29 is 29.0 Å². The van der Waals surface area contributed by atoms with Crippen molar-refractivity contribution in [2.45, 2.75) is 30.3 Å². The van der Waals surface area contributed by atoms with Gasteiger partial charge in [-0.05, 0) is 24.5 Å². The van der Waals surface area contributed by atoms with Crippen LogP contribution >= 0.6 is 11.8 Å². The van der Waals surface area contributed by atoms with Crippen LogP contribution in [0.25, 0.3) is 0 Å². The lowest BCUT2D eigenvalue weighted by Gasteiger charge is -2.47. The summed E-state index contributed by atoms with van der Waals surface area (Å²) in [5.74, 6) is -1.42. The van der Waals surface area contributed by atoms with E-state index in [2.05, 4.69) is 6.58 Å². The summed E-state index contributed by atoms with van der Waals surface area (Å²) in [7, 11) is 0. The molecule has 3 atom stereocenters. The minimum atomic E-state index is -1.20. The predicted molar refractivity (Wildman–Crippen MR) is 112 cm³/mol. The topological polar surface area (TPSA) is 133 Å². The molecule has 4 aliphatic rings. The van der Waals surface area contributed by atoms with Gasteiger partial charge >= 0.3 is 12.1 Å². The molecule has 3 amide bonds. The van der Waals surface area contributed by atoms with E-state index >= 15 is 0 Å². The molecule has 11 heteroatoms.